The summed E-state index contributed by atoms with van der Waals surface area (Å²) in [6.07, 6.45) is 9.72. The summed E-state index contributed by atoms with van der Waals surface area (Å²) in [5.74, 6) is 0.561. The summed E-state index contributed by atoms with van der Waals surface area (Å²) >= 11 is 0. The Morgan fingerprint density at radius 2 is 1.44 bits per heavy atom. The quantitative estimate of drug-likeness (QED) is 0.773. The van der Waals surface area contributed by atoms with Crippen LogP contribution in [0.1, 0.15) is 51.9 Å². The molecule has 0 aromatic heterocycles. The molecule has 2 saturated carbocycles. The normalized spacial score (nSPS) is 38.8. The van der Waals surface area contributed by atoms with Crippen LogP contribution in [0, 0.1) is 5.92 Å². The third-order valence-corrected chi connectivity index (χ3v) is 4.64. The van der Waals surface area contributed by atoms with Gasteiger partial charge in [-0.05, 0) is 25.2 Å². The van der Waals surface area contributed by atoms with Crippen molar-refractivity contribution in [1.29, 1.82) is 0 Å². The van der Waals surface area contributed by atoms with Gasteiger partial charge >= 0.3 is 0 Å². The number of hydrogen-bond donors (Lipinski definition) is 0. The van der Waals surface area contributed by atoms with Gasteiger partial charge in [0, 0.05) is 20.6 Å². The molecule has 0 radical (unpaired) electrons. The molecule has 3 heteroatoms. The minimum Gasteiger partial charge on any atom is -0.381 e. The SMILES string of the molecule is COC1CC(OC2CCCCC2)C(OC)CC1C. The lowest BCUT2D eigenvalue weighted by Crippen LogP contribution is -2.45. The van der Waals surface area contributed by atoms with Gasteiger partial charge in [-0.1, -0.05) is 26.2 Å². The zero-order valence-corrected chi connectivity index (χ0v) is 12.1. The van der Waals surface area contributed by atoms with Gasteiger partial charge < -0.3 is 14.2 Å². The van der Waals surface area contributed by atoms with E-state index in [4.69, 9.17) is 14.2 Å². The highest BCUT2D eigenvalue weighted by Gasteiger charge is 2.37. The summed E-state index contributed by atoms with van der Waals surface area (Å²) in [7, 11) is 3.62. The van der Waals surface area contributed by atoms with Crippen molar-refractivity contribution in [3.8, 4) is 0 Å². The molecule has 0 aromatic carbocycles. The van der Waals surface area contributed by atoms with Crippen molar-refractivity contribution in [3.05, 3.63) is 0 Å². The molecule has 4 atom stereocenters. The Morgan fingerprint density at radius 3 is 2.06 bits per heavy atom. The standard InChI is InChI=1S/C15H28O3/c1-11-9-14(17-3)15(10-13(11)16-2)18-12-7-5-4-6-8-12/h11-15H,4-10H2,1-3H3. The Hall–Kier alpha value is -0.120. The van der Waals surface area contributed by atoms with Crippen molar-refractivity contribution in [2.24, 2.45) is 5.92 Å². The first kappa shape index (κ1) is 14.3. The summed E-state index contributed by atoms with van der Waals surface area (Å²) in [6, 6.07) is 0. The molecule has 0 bridgehead atoms. The Morgan fingerprint density at radius 1 is 0.778 bits per heavy atom. The number of ether oxygens (including phenoxy) is 3. The molecule has 2 aliphatic carbocycles. The fourth-order valence-corrected chi connectivity index (χ4v) is 3.45. The molecule has 4 unspecified atom stereocenters. The monoisotopic (exact) mass is 256 g/mol. The predicted molar refractivity (Wildman–Crippen MR) is 71.7 cm³/mol. The molecular weight excluding hydrogens is 228 g/mol. The Balaban J connectivity index is 1.90. The van der Waals surface area contributed by atoms with E-state index in [1.807, 2.05) is 14.2 Å². The maximum absolute atomic E-state index is 6.31. The van der Waals surface area contributed by atoms with Crippen molar-refractivity contribution < 1.29 is 14.2 Å². The van der Waals surface area contributed by atoms with E-state index in [2.05, 4.69) is 6.92 Å². The lowest BCUT2D eigenvalue weighted by Gasteiger charge is -2.40. The van der Waals surface area contributed by atoms with Crippen molar-refractivity contribution in [2.45, 2.75) is 76.3 Å². The van der Waals surface area contributed by atoms with Gasteiger partial charge in [-0.25, -0.2) is 0 Å². The second kappa shape index (κ2) is 6.88. The molecule has 2 rings (SSSR count). The highest BCUT2D eigenvalue weighted by Crippen LogP contribution is 2.32. The third kappa shape index (κ3) is 3.46. The van der Waals surface area contributed by atoms with Crippen LogP contribution in [0.5, 0.6) is 0 Å². The highest BCUT2D eigenvalue weighted by atomic mass is 16.5. The van der Waals surface area contributed by atoms with Gasteiger partial charge in [-0.3, -0.25) is 0 Å². The van der Waals surface area contributed by atoms with Gasteiger partial charge in [0.2, 0.25) is 0 Å². The van der Waals surface area contributed by atoms with Crippen LogP contribution in [0.25, 0.3) is 0 Å². The van der Waals surface area contributed by atoms with Crippen molar-refractivity contribution in [3.63, 3.8) is 0 Å². The van der Waals surface area contributed by atoms with Crippen LogP contribution in [0.4, 0.5) is 0 Å². The zero-order valence-electron chi connectivity index (χ0n) is 12.1. The largest absolute Gasteiger partial charge is 0.381 e. The van der Waals surface area contributed by atoms with E-state index in [9.17, 15) is 0 Å². The lowest BCUT2D eigenvalue weighted by molar-refractivity contribution is -0.150. The molecule has 0 N–H and O–H groups in total. The van der Waals surface area contributed by atoms with E-state index in [1.165, 1.54) is 32.1 Å². The van der Waals surface area contributed by atoms with E-state index in [1.54, 1.807) is 0 Å². The number of hydrogen-bond acceptors (Lipinski definition) is 3. The molecule has 0 aliphatic heterocycles. The smallest absolute Gasteiger partial charge is 0.0865 e. The first-order valence-electron chi connectivity index (χ1n) is 7.45. The predicted octanol–water partition coefficient (Wildman–Crippen LogP) is 3.16. The second-order valence-corrected chi connectivity index (χ2v) is 5.93. The molecule has 3 nitrogen and oxygen atoms in total. The van der Waals surface area contributed by atoms with Crippen LogP contribution in [0.15, 0.2) is 0 Å². The highest BCUT2D eigenvalue weighted by molar-refractivity contribution is 4.87. The van der Waals surface area contributed by atoms with Gasteiger partial charge in [-0.2, -0.15) is 0 Å². The van der Waals surface area contributed by atoms with Crippen LogP contribution in [0.3, 0.4) is 0 Å². The van der Waals surface area contributed by atoms with Gasteiger partial charge in [0.05, 0.1) is 24.4 Å². The molecular formula is C15H28O3. The maximum atomic E-state index is 6.31. The zero-order chi connectivity index (χ0) is 13.0. The van der Waals surface area contributed by atoms with Crippen LogP contribution in [-0.4, -0.2) is 38.6 Å². The molecule has 18 heavy (non-hydrogen) atoms. The molecule has 0 spiro atoms. The minimum atomic E-state index is 0.222. The number of rotatable bonds is 4. The van der Waals surface area contributed by atoms with Crippen LogP contribution in [-0.2, 0) is 14.2 Å². The second-order valence-electron chi connectivity index (χ2n) is 5.93. The average Bonchev–Trinajstić information content (AvgIpc) is 2.41. The average molecular weight is 256 g/mol. The maximum Gasteiger partial charge on any atom is 0.0865 e. The Labute approximate surface area is 111 Å². The van der Waals surface area contributed by atoms with Gasteiger partial charge in [0.1, 0.15) is 0 Å². The molecule has 106 valence electrons. The van der Waals surface area contributed by atoms with E-state index >= 15 is 0 Å². The minimum absolute atomic E-state index is 0.222. The van der Waals surface area contributed by atoms with E-state index in [0.29, 0.717) is 18.1 Å². The summed E-state index contributed by atoms with van der Waals surface area (Å²) in [5.41, 5.74) is 0. The molecule has 0 aromatic rings. The fraction of sp³-hybridized carbons (Fsp3) is 1.00. The van der Waals surface area contributed by atoms with E-state index in [0.717, 1.165) is 12.8 Å². The summed E-state index contributed by atoms with van der Waals surface area (Å²) in [6.45, 7) is 2.25. The van der Waals surface area contributed by atoms with Crippen molar-refractivity contribution in [1.82, 2.24) is 0 Å². The molecule has 0 heterocycles. The van der Waals surface area contributed by atoms with Crippen LogP contribution < -0.4 is 0 Å². The first-order chi connectivity index (χ1) is 8.74. The lowest BCUT2D eigenvalue weighted by atomic mass is 9.83. The Bertz CT molecular complexity index is 238. The van der Waals surface area contributed by atoms with Gasteiger partial charge in [-0.15, -0.1) is 0 Å². The summed E-state index contributed by atoms with van der Waals surface area (Å²) in [5, 5.41) is 0. The van der Waals surface area contributed by atoms with Crippen LogP contribution in [0.2, 0.25) is 0 Å². The van der Waals surface area contributed by atoms with Gasteiger partial charge in [0.15, 0.2) is 0 Å². The van der Waals surface area contributed by atoms with Crippen molar-refractivity contribution in [2.75, 3.05) is 14.2 Å². The van der Waals surface area contributed by atoms with Crippen LogP contribution >= 0.6 is 0 Å². The topological polar surface area (TPSA) is 27.7 Å². The molecule has 2 fully saturated rings. The van der Waals surface area contributed by atoms with E-state index in [-0.39, 0.29) is 12.2 Å². The number of methoxy groups -OCH3 is 2. The summed E-state index contributed by atoms with van der Waals surface area (Å²) < 4.78 is 17.5. The molecule has 0 amide bonds. The molecule has 0 saturated heterocycles. The summed E-state index contributed by atoms with van der Waals surface area (Å²) in [4.78, 5) is 0. The third-order valence-electron chi connectivity index (χ3n) is 4.64. The van der Waals surface area contributed by atoms with E-state index < -0.39 is 0 Å². The Kier molecular flexibility index (Phi) is 5.46. The molecule has 2 aliphatic rings. The van der Waals surface area contributed by atoms with Gasteiger partial charge in [0.25, 0.3) is 0 Å². The fourth-order valence-electron chi connectivity index (χ4n) is 3.45. The first-order valence-corrected chi connectivity index (χ1v) is 7.45. The van der Waals surface area contributed by atoms with Crippen molar-refractivity contribution >= 4 is 0 Å².